The molecule has 0 aliphatic rings. The summed E-state index contributed by atoms with van der Waals surface area (Å²) in [7, 11) is 1.50. The van der Waals surface area contributed by atoms with E-state index in [4.69, 9.17) is 9.47 Å². The van der Waals surface area contributed by atoms with Gasteiger partial charge in [-0.3, -0.25) is 9.59 Å². The number of benzene rings is 1. The molecule has 0 bridgehead atoms. The highest BCUT2D eigenvalue weighted by molar-refractivity contribution is 5.81. The minimum atomic E-state index is -0.472. The van der Waals surface area contributed by atoms with Gasteiger partial charge in [0.1, 0.15) is 6.54 Å². The van der Waals surface area contributed by atoms with Gasteiger partial charge in [-0.1, -0.05) is 12.1 Å². The summed E-state index contributed by atoms with van der Waals surface area (Å²) in [4.78, 5) is 24.2. The highest BCUT2D eigenvalue weighted by Gasteiger charge is 2.13. The quantitative estimate of drug-likeness (QED) is 0.713. The maximum absolute atomic E-state index is 13.2. The van der Waals surface area contributed by atoms with Gasteiger partial charge in [0, 0.05) is 7.05 Å². The van der Waals surface area contributed by atoms with E-state index in [-0.39, 0.29) is 37.8 Å². The lowest BCUT2D eigenvalue weighted by Gasteiger charge is -2.16. The van der Waals surface area contributed by atoms with Crippen LogP contribution in [-0.4, -0.2) is 43.6 Å². The molecule has 0 aliphatic heterocycles. The highest BCUT2D eigenvalue weighted by Crippen LogP contribution is 2.15. The van der Waals surface area contributed by atoms with E-state index < -0.39 is 11.8 Å². The molecule has 0 N–H and O–H groups in total. The second-order valence-corrected chi connectivity index (χ2v) is 4.08. The van der Waals surface area contributed by atoms with Crippen LogP contribution in [0.25, 0.3) is 0 Å². The molecule has 5 nitrogen and oxygen atoms in total. The summed E-state index contributed by atoms with van der Waals surface area (Å²) < 4.78 is 23.2. The number of halogens is 1. The molecule has 6 heteroatoms. The predicted octanol–water partition coefficient (Wildman–Crippen LogP) is 1.62. The van der Waals surface area contributed by atoms with E-state index in [1.807, 2.05) is 0 Å². The summed E-state index contributed by atoms with van der Waals surface area (Å²) in [5.74, 6) is -1.10. The van der Waals surface area contributed by atoms with Crippen molar-refractivity contribution >= 4 is 11.9 Å². The van der Waals surface area contributed by atoms with Crippen LogP contribution in [0.4, 0.5) is 4.39 Å². The van der Waals surface area contributed by atoms with Crippen molar-refractivity contribution in [1.82, 2.24) is 4.90 Å². The number of likely N-dealkylation sites (N-methyl/N-ethyl adjacent to an activating group) is 1. The Morgan fingerprint density at radius 1 is 1.30 bits per heavy atom. The van der Waals surface area contributed by atoms with Crippen LogP contribution in [-0.2, 0) is 14.3 Å². The Labute approximate surface area is 117 Å². The topological polar surface area (TPSA) is 55.8 Å². The molecule has 0 saturated carbocycles. The smallest absolute Gasteiger partial charge is 0.325 e. The average molecular weight is 283 g/mol. The number of esters is 1. The SMILES string of the molecule is CCOC(=O)CN(C)C(=O)CCOc1ccccc1F. The van der Waals surface area contributed by atoms with E-state index >= 15 is 0 Å². The van der Waals surface area contributed by atoms with Gasteiger partial charge in [-0.2, -0.15) is 0 Å². The molecular formula is C14H18FNO4. The van der Waals surface area contributed by atoms with Gasteiger partial charge in [0.15, 0.2) is 11.6 Å². The van der Waals surface area contributed by atoms with Crippen molar-refractivity contribution in [3.63, 3.8) is 0 Å². The molecule has 0 spiro atoms. The third-order valence-corrected chi connectivity index (χ3v) is 2.51. The first kappa shape index (κ1) is 15.9. The second kappa shape index (κ2) is 8.14. The van der Waals surface area contributed by atoms with Gasteiger partial charge in [-0.05, 0) is 19.1 Å². The fourth-order valence-electron chi connectivity index (χ4n) is 1.49. The Balaban J connectivity index is 2.32. The van der Waals surface area contributed by atoms with Crippen LogP contribution >= 0.6 is 0 Å². The molecule has 0 radical (unpaired) electrons. The Bertz CT molecular complexity index is 464. The molecule has 0 aromatic heterocycles. The molecule has 0 atom stereocenters. The molecule has 20 heavy (non-hydrogen) atoms. The molecule has 110 valence electrons. The Morgan fingerprint density at radius 3 is 2.65 bits per heavy atom. The third-order valence-electron chi connectivity index (χ3n) is 2.51. The first-order chi connectivity index (χ1) is 9.54. The van der Waals surface area contributed by atoms with Gasteiger partial charge >= 0.3 is 5.97 Å². The van der Waals surface area contributed by atoms with E-state index in [0.29, 0.717) is 0 Å². The van der Waals surface area contributed by atoms with Crippen molar-refractivity contribution in [2.75, 3.05) is 26.8 Å². The minimum Gasteiger partial charge on any atom is -0.490 e. The van der Waals surface area contributed by atoms with Gasteiger partial charge in [0.2, 0.25) is 5.91 Å². The first-order valence-corrected chi connectivity index (χ1v) is 6.31. The monoisotopic (exact) mass is 283 g/mol. The number of hydrogen-bond acceptors (Lipinski definition) is 4. The van der Waals surface area contributed by atoms with E-state index in [1.54, 1.807) is 19.1 Å². The van der Waals surface area contributed by atoms with Gasteiger partial charge in [0.25, 0.3) is 0 Å². The van der Waals surface area contributed by atoms with Crippen LogP contribution in [0.15, 0.2) is 24.3 Å². The van der Waals surface area contributed by atoms with Crippen molar-refractivity contribution in [2.24, 2.45) is 0 Å². The lowest BCUT2D eigenvalue weighted by molar-refractivity contribution is -0.148. The van der Waals surface area contributed by atoms with Crippen LogP contribution in [0, 0.1) is 5.82 Å². The molecule has 0 saturated heterocycles. The number of carbonyl (C=O) groups excluding carboxylic acids is 2. The molecule has 1 rings (SSSR count). The molecule has 0 heterocycles. The number of amides is 1. The number of nitrogens with zero attached hydrogens (tertiary/aromatic N) is 1. The minimum absolute atomic E-state index is 0.0485. The van der Waals surface area contributed by atoms with E-state index in [0.717, 1.165) is 0 Å². The fourth-order valence-corrected chi connectivity index (χ4v) is 1.49. The summed E-state index contributed by atoms with van der Waals surface area (Å²) >= 11 is 0. The van der Waals surface area contributed by atoms with Gasteiger partial charge in [0.05, 0.1) is 19.6 Å². The van der Waals surface area contributed by atoms with Crippen molar-refractivity contribution < 1.29 is 23.5 Å². The zero-order chi connectivity index (χ0) is 15.0. The number of para-hydroxylation sites is 1. The van der Waals surface area contributed by atoms with Crippen molar-refractivity contribution in [3.8, 4) is 5.75 Å². The lowest BCUT2D eigenvalue weighted by atomic mass is 10.3. The molecule has 0 aliphatic carbocycles. The normalized spacial score (nSPS) is 9.95. The number of hydrogen-bond donors (Lipinski definition) is 0. The molecule has 1 amide bonds. The predicted molar refractivity (Wildman–Crippen MR) is 70.8 cm³/mol. The summed E-state index contributed by atoms with van der Waals surface area (Å²) in [6.45, 7) is 1.92. The van der Waals surface area contributed by atoms with E-state index in [9.17, 15) is 14.0 Å². The third kappa shape index (κ3) is 5.26. The van der Waals surface area contributed by atoms with Crippen molar-refractivity contribution in [2.45, 2.75) is 13.3 Å². The maximum atomic E-state index is 13.2. The molecule has 1 aromatic carbocycles. The van der Waals surface area contributed by atoms with E-state index in [1.165, 1.54) is 24.1 Å². The highest BCUT2D eigenvalue weighted by atomic mass is 19.1. The van der Waals surface area contributed by atoms with Crippen LogP contribution in [0.2, 0.25) is 0 Å². The Morgan fingerprint density at radius 2 is 2.00 bits per heavy atom. The largest absolute Gasteiger partial charge is 0.490 e. The first-order valence-electron chi connectivity index (χ1n) is 6.31. The van der Waals surface area contributed by atoms with Gasteiger partial charge in [-0.25, -0.2) is 4.39 Å². The van der Waals surface area contributed by atoms with Crippen LogP contribution in [0.1, 0.15) is 13.3 Å². The molecule has 1 aromatic rings. The van der Waals surface area contributed by atoms with Gasteiger partial charge in [-0.15, -0.1) is 0 Å². The number of carbonyl (C=O) groups is 2. The van der Waals surface area contributed by atoms with Crippen molar-refractivity contribution in [1.29, 1.82) is 0 Å². The fraction of sp³-hybridized carbons (Fsp3) is 0.429. The lowest BCUT2D eigenvalue weighted by Crippen LogP contribution is -2.33. The second-order valence-electron chi connectivity index (χ2n) is 4.08. The summed E-state index contributed by atoms with van der Waals surface area (Å²) in [5.41, 5.74) is 0. The molecule has 0 unspecified atom stereocenters. The average Bonchev–Trinajstić information content (AvgIpc) is 2.41. The summed E-state index contributed by atoms with van der Waals surface area (Å²) in [5, 5.41) is 0. The van der Waals surface area contributed by atoms with Crippen LogP contribution < -0.4 is 4.74 Å². The zero-order valence-corrected chi connectivity index (χ0v) is 11.6. The Hall–Kier alpha value is -2.11. The molecule has 0 fully saturated rings. The summed E-state index contributed by atoms with van der Waals surface area (Å²) in [6, 6.07) is 5.97. The molecular weight excluding hydrogens is 265 g/mol. The van der Waals surface area contributed by atoms with Crippen LogP contribution in [0.5, 0.6) is 5.75 Å². The van der Waals surface area contributed by atoms with Crippen molar-refractivity contribution in [3.05, 3.63) is 30.1 Å². The number of ether oxygens (including phenoxy) is 2. The standard InChI is InChI=1S/C14H18FNO4/c1-3-19-14(18)10-16(2)13(17)8-9-20-12-7-5-4-6-11(12)15/h4-7H,3,8-10H2,1-2H3. The maximum Gasteiger partial charge on any atom is 0.325 e. The number of rotatable bonds is 7. The van der Waals surface area contributed by atoms with E-state index in [2.05, 4.69) is 0 Å². The zero-order valence-electron chi connectivity index (χ0n) is 11.6. The summed E-state index contributed by atoms with van der Waals surface area (Å²) in [6.07, 6.45) is 0.0598. The Kier molecular flexibility index (Phi) is 6.49. The van der Waals surface area contributed by atoms with Gasteiger partial charge < -0.3 is 14.4 Å². The van der Waals surface area contributed by atoms with Crippen LogP contribution in [0.3, 0.4) is 0 Å².